The van der Waals surface area contributed by atoms with Crippen molar-refractivity contribution in [2.24, 2.45) is 0 Å². The van der Waals surface area contributed by atoms with Crippen molar-refractivity contribution < 1.29 is 9.13 Å². The van der Waals surface area contributed by atoms with Gasteiger partial charge in [0.25, 0.3) is 0 Å². The Labute approximate surface area is 94.4 Å². The fourth-order valence-electron chi connectivity index (χ4n) is 1.23. The Balaban J connectivity index is 2.31. The van der Waals surface area contributed by atoms with E-state index in [1.807, 2.05) is 6.92 Å². The van der Waals surface area contributed by atoms with Gasteiger partial charge >= 0.3 is 0 Å². The van der Waals surface area contributed by atoms with Crippen LogP contribution in [0.15, 0.2) is 18.2 Å². The van der Waals surface area contributed by atoms with Gasteiger partial charge in [-0.05, 0) is 30.7 Å². The quantitative estimate of drug-likeness (QED) is 0.760. The van der Waals surface area contributed by atoms with E-state index in [-0.39, 0.29) is 5.82 Å². The van der Waals surface area contributed by atoms with E-state index in [1.54, 1.807) is 6.07 Å². The standard InChI is InChI=1S/C11H15ClFNO/c1-2-15-4-3-14-8-9-5-10(12)7-11(13)6-9/h5-7,14H,2-4,8H2,1H3. The second-order valence-corrected chi connectivity index (χ2v) is 3.59. The second-order valence-electron chi connectivity index (χ2n) is 3.15. The number of ether oxygens (including phenoxy) is 1. The van der Waals surface area contributed by atoms with Gasteiger partial charge in [0, 0.05) is 24.7 Å². The fourth-order valence-corrected chi connectivity index (χ4v) is 1.48. The summed E-state index contributed by atoms with van der Waals surface area (Å²) in [6.45, 7) is 4.69. The summed E-state index contributed by atoms with van der Waals surface area (Å²) in [7, 11) is 0. The maximum absolute atomic E-state index is 12.9. The minimum Gasteiger partial charge on any atom is -0.380 e. The van der Waals surface area contributed by atoms with E-state index < -0.39 is 0 Å². The number of nitrogens with one attached hydrogen (secondary N) is 1. The third-order valence-electron chi connectivity index (χ3n) is 1.88. The zero-order valence-electron chi connectivity index (χ0n) is 8.72. The van der Waals surface area contributed by atoms with Crippen LogP contribution in [-0.4, -0.2) is 19.8 Å². The Kier molecular flexibility index (Phi) is 5.61. The van der Waals surface area contributed by atoms with Crippen LogP contribution in [0.25, 0.3) is 0 Å². The van der Waals surface area contributed by atoms with Gasteiger partial charge in [-0.1, -0.05) is 11.6 Å². The molecule has 1 rings (SSSR count). The zero-order valence-corrected chi connectivity index (χ0v) is 9.48. The molecule has 0 fully saturated rings. The summed E-state index contributed by atoms with van der Waals surface area (Å²) in [5.74, 6) is -0.302. The molecule has 0 aliphatic heterocycles. The smallest absolute Gasteiger partial charge is 0.125 e. The lowest BCUT2D eigenvalue weighted by molar-refractivity contribution is 0.149. The molecule has 0 atom stereocenters. The molecule has 15 heavy (non-hydrogen) atoms. The van der Waals surface area contributed by atoms with Crippen molar-refractivity contribution in [3.05, 3.63) is 34.6 Å². The second kappa shape index (κ2) is 6.77. The highest BCUT2D eigenvalue weighted by molar-refractivity contribution is 6.30. The summed E-state index contributed by atoms with van der Waals surface area (Å²) in [4.78, 5) is 0. The predicted octanol–water partition coefficient (Wildman–Crippen LogP) is 2.61. The first kappa shape index (κ1) is 12.4. The molecule has 0 amide bonds. The average molecular weight is 232 g/mol. The minimum atomic E-state index is -0.302. The number of benzene rings is 1. The highest BCUT2D eigenvalue weighted by atomic mass is 35.5. The Morgan fingerprint density at radius 1 is 1.40 bits per heavy atom. The largest absolute Gasteiger partial charge is 0.380 e. The summed E-state index contributed by atoms with van der Waals surface area (Å²) >= 11 is 5.72. The number of hydrogen-bond donors (Lipinski definition) is 1. The summed E-state index contributed by atoms with van der Waals surface area (Å²) in [5, 5.41) is 3.57. The van der Waals surface area contributed by atoms with Gasteiger partial charge in [0.05, 0.1) is 6.61 Å². The fraction of sp³-hybridized carbons (Fsp3) is 0.455. The molecule has 1 N–H and O–H groups in total. The van der Waals surface area contributed by atoms with Crippen molar-refractivity contribution in [2.45, 2.75) is 13.5 Å². The number of halogens is 2. The predicted molar refractivity (Wildman–Crippen MR) is 59.6 cm³/mol. The van der Waals surface area contributed by atoms with Gasteiger partial charge in [0.1, 0.15) is 5.82 Å². The van der Waals surface area contributed by atoms with Gasteiger partial charge in [0.15, 0.2) is 0 Å². The topological polar surface area (TPSA) is 21.3 Å². The first-order chi connectivity index (χ1) is 7.22. The molecule has 2 nitrogen and oxygen atoms in total. The van der Waals surface area contributed by atoms with Crippen LogP contribution < -0.4 is 5.32 Å². The molecule has 0 unspecified atom stereocenters. The van der Waals surface area contributed by atoms with E-state index in [2.05, 4.69) is 5.32 Å². The van der Waals surface area contributed by atoms with Gasteiger partial charge in [-0.25, -0.2) is 4.39 Å². The molecule has 0 aliphatic carbocycles. The Bertz CT molecular complexity index is 286. The lowest BCUT2D eigenvalue weighted by Crippen LogP contribution is -2.19. The lowest BCUT2D eigenvalue weighted by atomic mass is 10.2. The van der Waals surface area contributed by atoms with E-state index in [9.17, 15) is 4.39 Å². The molecule has 0 saturated heterocycles. The third-order valence-corrected chi connectivity index (χ3v) is 2.10. The summed E-state index contributed by atoms with van der Waals surface area (Å²) in [5.41, 5.74) is 0.844. The summed E-state index contributed by atoms with van der Waals surface area (Å²) in [6.07, 6.45) is 0. The average Bonchev–Trinajstić information content (AvgIpc) is 2.16. The van der Waals surface area contributed by atoms with Crippen LogP contribution in [-0.2, 0) is 11.3 Å². The molecule has 0 spiro atoms. The Hall–Kier alpha value is -0.640. The highest BCUT2D eigenvalue weighted by Gasteiger charge is 1.98. The first-order valence-corrected chi connectivity index (χ1v) is 5.33. The molecule has 0 aliphatic rings. The van der Waals surface area contributed by atoms with Gasteiger partial charge in [-0.2, -0.15) is 0 Å². The molecule has 1 aromatic carbocycles. The molecule has 0 aromatic heterocycles. The van der Waals surface area contributed by atoms with Crippen molar-refractivity contribution in [3.8, 4) is 0 Å². The van der Waals surface area contributed by atoms with Crippen LogP contribution in [0.4, 0.5) is 4.39 Å². The molecular weight excluding hydrogens is 217 g/mol. The van der Waals surface area contributed by atoms with Crippen LogP contribution in [0.1, 0.15) is 12.5 Å². The summed E-state index contributed by atoms with van der Waals surface area (Å²) < 4.78 is 18.1. The maximum Gasteiger partial charge on any atom is 0.125 e. The van der Waals surface area contributed by atoms with Crippen LogP contribution >= 0.6 is 11.6 Å². The van der Waals surface area contributed by atoms with Crippen LogP contribution in [0.3, 0.4) is 0 Å². The number of rotatable bonds is 6. The Morgan fingerprint density at radius 2 is 2.20 bits per heavy atom. The summed E-state index contributed by atoms with van der Waals surface area (Å²) in [6, 6.07) is 4.52. The first-order valence-electron chi connectivity index (χ1n) is 4.96. The van der Waals surface area contributed by atoms with Crippen molar-refractivity contribution in [1.29, 1.82) is 0 Å². The maximum atomic E-state index is 12.9. The molecular formula is C11H15ClFNO. The van der Waals surface area contributed by atoms with E-state index in [0.717, 1.165) is 12.1 Å². The monoisotopic (exact) mass is 231 g/mol. The minimum absolute atomic E-state index is 0.302. The Morgan fingerprint density at radius 3 is 2.87 bits per heavy atom. The molecule has 4 heteroatoms. The molecule has 84 valence electrons. The molecule has 1 aromatic rings. The van der Waals surface area contributed by atoms with Crippen molar-refractivity contribution in [3.63, 3.8) is 0 Å². The van der Waals surface area contributed by atoms with Crippen LogP contribution in [0.2, 0.25) is 5.02 Å². The van der Waals surface area contributed by atoms with Crippen LogP contribution in [0, 0.1) is 5.82 Å². The molecule has 0 heterocycles. The van der Waals surface area contributed by atoms with Gasteiger partial charge in [-0.3, -0.25) is 0 Å². The normalized spacial score (nSPS) is 10.6. The van der Waals surface area contributed by atoms with E-state index in [1.165, 1.54) is 12.1 Å². The highest BCUT2D eigenvalue weighted by Crippen LogP contribution is 2.13. The van der Waals surface area contributed by atoms with Crippen LogP contribution in [0.5, 0.6) is 0 Å². The third kappa shape index (κ3) is 5.11. The van der Waals surface area contributed by atoms with E-state index in [0.29, 0.717) is 24.8 Å². The van der Waals surface area contributed by atoms with E-state index in [4.69, 9.17) is 16.3 Å². The molecule has 0 bridgehead atoms. The SMILES string of the molecule is CCOCCNCc1cc(F)cc(Cl)c1. The zero-order chi connectivity index (χ0) is 11.1. The molecule has 0 radical (unpaired) electrons. The van der Waals surface area contributed by atoms with E-state index >= 15 is 0 Å². The van der Waals surface area contributed by atoms with Gasteiger partial charge in [-0.15, -0.1) is 0 Å². The van der Waals surface area contributed by atoms with Crippen molar-refractivity contribution >= 4 is 11.6 Å². The lowest BCUT2D eigenvalue weighted by Gasteiger charge is -2.05. The van der Waals surface area contributed by atoms with Gasteiger partial charge in [0.2, 0.25) is 0 Å². The number of hydrogen-bond acceptors (Lipinski definition) is 2. The van der Waals surface area contributed by atoms with Gasteiger partial charge < -0.3 is 10.1 Å². The molecule has 0 saturated carbocycles. The van der Waals surface area contributed by atoms with Crippen molar-refractivity contribution in [1.82, 2.24) is 5.32 Å². The van der Waals surface area contributed by atoms with Crippen molar-refractivity contribution in [2.75, 3.05) is 19.8 Å².